The zero-order valence-electron chi connectivity index (χ0n) is 20.6. The summed E-state index contributed by atoms with van der Waals surface area (Å²) in [7, 11) is 0. The number of carbonyl (C=O) groups is 1. The molecule has 6 heteroatoms. The van der Waals surface area contributed by atoms with Crippen LogP contribution in [0, 0.1) is 0 Å². The van der Waals surface area contributed by atoms with E-state index in [1.165, 1.54) is 0 Å². The van der Waals surface area contributed by atoms with E-state index in [0.29, 0.717) is 4.98 Å². The van der Waals surface area contributed by atoms with Gasteiger partial charge in [-0.15, -0.1) is 0 Å². The number of fused-ring (bicyclic) bond motifs is 1. The lowest BCUT2D eigenvalue weighted by Crippen LogP contribution is -2.50. The molecule has 0 aromatic carbocycles. The number of aromatic amines is 1. The van der Waals surface area contributed by atoms with Crippen molar-refractivity contribution in [2.45, 2.75) is 26.4 Å². The minimum absolute atomic E-state index is 0.0815. The Kier molecular flexibility index (Phi) is 1.97. The van der Waals surface area contributed by atoms with Crippen LogP contribution in [-0.2, 0) is 4.74 Å². The van der Waals surface area contributed by atoms with Crippen molar-refractivity contribution in [3.05, 3.63) is 24.4 Å². The highest BCUT2D eigenvalue weighted by Crippen LogP contribution is 2.24. The fraction of sp³-hybridized carbons (Fsp3) is 0.500. The predicted octanol–water partition coefficient (Wildman–Crippen LogP) is 2.62. The van der Waals surface area contributed by atoms with Crippen molar-refractivity contribution in [3.8, 4) is 0 Å². The second-order valence-corrected chi connectivity index (χ2v) is 5.83. The van der Waals surface area contributed by atoms with Crippen LogP contribution in [0.1, 0.15) is 30.4 Å². The second-order valence-electron chi connectivity index (χ2n) is 5.83. The molecule has 1 atom stereocenters. The molecule has 1 amide bonds. The summed E-state index contributed by atoms with van der Waals surface area (Å²) in [6.07, 6.45) is -1.90. The van der Waals surface area contributed by atoms with Crippen LogP contribution in [-0.4, -0.2) is 52.7 Å². The minimum atomic E-state index is -2.49. The van der Waals surface area contributed by atoms with Gasteiger partial charge in [0.25, 0.3) is 0 Å². The van der Waals surface area contributed by atoms with Crippen LogP contribution in [0.25, 0.3) is 10.9 Å². The van der Waals surface area contributed by atoms with E-state index in [0.717, 1.165) is 9.80 Å². The van der Waals surface area contributed by atoms with Crippen molar-refractivity contribution >= 4 is 22.8 Å². The molecule has 0 aliphatic carbocycles. The summed E-state index contributed by atoms with van der Waals surface area (Å²) < 4.78 is 70.3. The Morgan fingerprint density at radius 2 is 2.32 bits per heavy atom. The van der Waals surface area contributed by atoms with Gasteiger partial charge in [0.2, 0.25) is 0 Å². The first-order valence-corrected chi connectivity index (χ1v) is 6.86. The molecular formula is C16H22N4O2. The first-order valence-electron chi connectivity index (χ1n) is 10.9. The fourth-order valence-corrected chi connectivity index (χ4v) is 1.99. The Morgan fingerprint density at radius 3 is 3.09 bits per heavy atom. The number of hydrogen-bond donors (Lipinski definition) is 1. The van der Waals surface area contributed by atoms with E-state index in [2.05, 4.69) is 4.98 Å². The van der Waals surface area contributed by atoms with Gasteiger partial charge in [0, 0.05) is 43.8 Å². The van der Waals surface area contributed by atoms with Crippen molar-refractivity contribution in [1.82, 2.24) is 14.9 Å². The highest BCUT2D eigenvalue weighted by Gasteiger charge is 2.26. The van der Waals surface area contributed by atoms with Crippen LogP contribution < -0.4 is 4.90 Å². The van der Waals surface area contributed by atoms with E-state index in [1.807, 2.05) is 0 Å². The maximum absolute atomic E-state index is 12.4. The molecule has 1 fully saturated rings. The lowest BCUT2D eigenvalue weighted by Gasteiger charge is -2.36. The zero-order chi connectivity index (χ0) is 22.8. The van der Waals surface area contributed by atoms with Crippen LogP contribution in [0.15, 0.2) is 24.4 Å². The van der Waals surface area contributed by atoms with E-state index < -0.39 is 49.1 Å². The molecule has 1 N–H and O–H groups in total. The van der Waals surface area contributed by atoms with Gasteiger partial charge in [-0.05, 0) is 32.9 Å². The van der Waals surface area contributed by atoms with E-state index in [-0.39, 0.29) is 29.8 Å². The zero-order valence-corrected chi connectivity index (χ0v) is 12.6. The molecule has 1 aliphatic heterocycles. The molecule has 0 bridgehead atoms. The van der Waals surface area contributed by atoms with E-state index >= 15 is 0 Å². The molecule has 22 heavy (non-hydrogen) atoms. The number of ether oxygens (including phenoxy) is 1. The summed E-state index contributed by atoms with van der Waals surface area (Å²) in [6.45, 7) is 0.573. The third-order valence-electron chi connectivity index (χ3n) is 2.96. The summed E-state index contributed by atoms with van der Waals surface area (Å²) in [5, 5.41) is -0.156. The summed E-state index contributed by atoms with van der Waals surface area (Å²) in [4.78, 5) is 18.9. The molecule has 3 rings (SSSR count). The van der Waals surface area contributed by atoms with Gasteiger partial charge in [0.15, 0.2) is 7.23 Å². The van der Waals surface area contributed by atoms with Gasteiger partial charge in [0.05, 0.1) is 15.1 Å². The van der Waals surface area contributed by atoms with Crippen molar-refractivity contribution < 1.29 is 20.5 Å². The summed E-state index contributed by atoms with van der Waals surface area (Å²) in [5.41, 5.74) is -0.979. The van der Waals surface area contributed by atoms with Crippen LogP contribution in [0.4, 0.5) is 10.6 Å². The number of carbonyl (C=O) groups excluding carboxylic acids is 1. The number of hydrogen-bond acceptors (Lipinski definition) is 4. The maximum atomic E-state index is 12.4. The van der Waals surface area contributed by atoms with Gasteiger partial charge in [0.1, 0.15) is 5.60 Å². The molecule has 0 spiro atoms. The quantitative estimate of drug-likeness (QED) is 0.879. The molecule has 1 unspecified atom stereocenters. The van der Waals surface area contributed by atoms with Crippen molar-refractivity contribution in [3.63, 3.8) is 0 Å². The molecule has 0 saturated carbocycles. The lowest BCUT2D eigenvalue weighted by atomic mass is 10.2. The highest BCUT2D eigenvalue weighted by atomic mass is 16.6. The standard InChI is InChI=1S/C16H22N4O2/c1-16(2,3)22-15(21)20-10-8-19(9-11-20)14-13-12(4-6-17-13)5-7-18-14/h4-7,17H,8-11H2,1-3H3/i4D,5D,6D,7D,8D2,10D/hD. The van der Waals surface area contributed by atoms with Crippen molar-refractivity contribution in [1.29, 1.82) is 0 Å². The number of piperazine rings is 1. The SMILES string of the molecule is [2H]c1nc(N2CCN(C(=O)OC(C)(C)C)C([2H])C2([2H])[2H])c2c(c1[2H])c([2H])c([2H])n2[2H]. The summed E-state index contributed by atoms with van der Waals surface area (Å²) in [6, 6.07) is -0.869. The highest BCUT2D eigenvalue weighted by molar-refractivity contribution is 5.89. The first kappa shape index (κ1) is 7.85. The fourth-order valence-electron chi connectivity index (χ4n) is 1.99. The first-order chi connectivity index (χ1) is 13.7. The van der Waals surface area contributed by atoms with E-state index in [1.54, 1.807) is 20.8 Å². The molecule has 3 heterocycles. The van der Waals surface area contributed by atoms with Gasteiger partial charge in [-0.1, -0.05) is 0 Å². The monoisotopic (exact) mass is 310 g/mol. The molecule has 1 aliphatic rings. The third-order valence-corrected chi connectivity index (χ3v) is 2.96. The molecular weight excluding hydrogens is 280 g/mol. The lowest BCUT2D eigenvalue weighted by molar-refractivity contribution is 0.0240. The molecule has 6 nitrogen and oxygen atoms in total. The van der Waals surface area contributed by atoms with Gasteiger partial charge in [-0.25, -0.2) is 9.78 Å². The largest absolute Gasteiger partial charge is 0.444 e. The number of nitrogens with zero attached hydrogens (tertiary/aromatic N) is 3. The van der Waals surface area contributed by atoms with Gasteiger partial charge in [-0.3, -0.25) is 0 Å². The Labute approximate surface area is 141 Å². The number of aromatic nitrogens is 2. The molecule has 2 aromatic heterocycles. The van der Waals surface area contributed by atoms with E-state index in [9.17, 15) is 4.79 Å². The number of rotatable bonds is 1. The van der Waals surface area contributed by atoms with Gasteiger partial charge >= 0.3 is 6.09 Å². The Morgan fingerprint density at radius 1 is 1.50 bits per heavy atom. The Balaban J connectivity index is 2.09. The number of H-pyrrole nitrogens is 1. The number of pyridine rings is 1. The van der Waals surface area contributed by atoms with Crippen LogP contribution in [0.3, 0.4) is 0 Å². The van der Waals surface area contributed by atoms with Gasteiger partial charge < -0.3 is 19.5 Å². The van der Waals surface area contributed by atoms with Gasteiger partial charge in [-0.2, -0.15) is 0 Å². The molecule has 118 valence electrons. The minimum Gasteiger partial charge on any atom is -0.444 e. The average Bonchev–Trinajstić information content (AvgIpc) is 2.84. The number of amides is 1. The third kappa shape index (κ3) is 3.00. The Hall–Kier alpha value is -2.24. The summed E-state index contributed by atoms with van der Waals surface area (Å²) >= 11 is 0. The summed E-state index contributed by atoms with van der Waals surface area (Å²) in [5.74, 6) is -0.223. The molecule has 1 saturated heterocycles. The predicted molar refractivity (Wildman–Crippen MR) is 86.1 cm³/mol. The van der Waals surface area contributed by atoms with Crippen LogP contribution in [0.5, 0.6) is 0 Å². The van der Waals surface area contributed by atoms with Crippen molar-refractivity contribution in [2.24, 2.45) is 0 Å². The number of anilines is 1. The molecule has 2 aromatic rings. The molecule has 0 radical (unpaired) electrons. The smallest absolute Gasteiger partial charge is 0.410 e. The Bertz CT molecular complexity index is 1020. The topological polar surface area (TPSA) is 61.5 Å². The normalized spacial score (nSPS) is 27.0. The number of nitrogens with one attached hydrogen (secondary N) is 1. The second kappa shape index (κ2) is 5.51. The van der Waals surface area contributed by atoms with Crippen molar-refractivity contribution in [2.75, 3.05) is 31.0 Å². The van der Waals surface area contributed by atoms with Crippen LogP contribution in [0.2, 0.25) is 1.41 Å². The van der Waals surface area contributed by atoms with Crippen LogP contribution >= 0.6 is 0 Å². The van der Waals surface area contributed by atoms with E-state index in [4.69, 9.17) is 15.7 Å². The maximum Gasteiger partial charge on any atom is 0.410 e. The average molecular weight is 310 g/mol.